The molecule has 0 unspecified atom stereocenters. The van der Waals surface area contributed by atoms with Crippen LogP contribution in [0.3, 0.4) is 0 Å². The molecule has 2 heterocycles. The maximum Gasteiger partial charge on any atom is 0.219 e. The molecule has 24 heavy (non-hydrogen) atoms. The van der Waals surface area contributed by atoms with Crippen molar-refractivity contribution in [3.8, 4) is 0 Å². The van der Waals surface area contributed by atoms with Crippen LogP contribution in [0.15, 0.2) is 11.6 Å². The Hall–Kier alpha value is -0.870. The van der Waals surface area contributed by atoms with Crippen molar-refractivity contribution in [2.45, 2.75) is 67.9 Å². The van der Waals surface area contributed by atoms with Crippen LogP contribution in [0.5, 0.6) is 0 Å². The third-order valence-corrected chi connectivity index (χ3v) is 4.15. The first-order chi connectivity index (χ1) is 11.4. The molecule has 1 saturated heterocycles. The van der Waals surface area contributed by atoms with Gasteiger partial charge in [-0.15, -0.1) is 0 Å². The lowest BCUT2D eigenvalue weighted by Crippen LogP contribution is -2.47. The minimum atomic E-state index is 0.184. The van der Waals surface area contributed by atoms with Crippen LogP contribution in [0.4, 0.5) is 0 Å². The molecule has 0 N–H and O–H groups in total. The Morgan fingerprint density at radius 2 is 1.50 bits per heavy atom. The summed E-state index contributed by atoms with van der Waals surface area (Å²) in [4.78, 5) is 17.6. The first kappa shape index (κ1) is 25.4. The maximum atomic E-state index is 10.8. The van der Waals surface area contributed by atoms with Gasteiger partial charge in [-0.25, -0.2) is 0 Å². The number of nitrogens with zero attached hydrogens (tertiary/aromatic N) is 3. The van der Waals surface area contributed by atoms with Crippen molar-refractivity contribution < 1.29 is 4.79 Å². The van der Waals surface area contributed by atoms with Crippen molar-refractivity contribution in [2.75, 3.05) is 46.3 Å². The summed E-state index contributed by atoms with van der Waals surface area (Å²) in [6.07, 6.45) is 3.16. The van der Waals surface area contributed by atoms with E-state index < -0.39 is 0 Å². The number of hydrogen-bond donors (Lipinski definition) is 0. The van der Waals surface area contributed by atoms with Gasteiger partial charge in [-0.05, 0) is 34.2 Å². The lowest BCUT2D eigenvalue weighted by molar-refractivity contribution is -0.128. The average Bonchev–Trinajstić information content (AvgIpc) is 2.60. The number of rotatable bonds is 1. The number of likely N-dealkylation sites (N-methyl/N-ethyl adjacent to an activating group) is 1. The zero-order chi connectivity index (χ0) is 19.1. The Balaban J connectivity index is 0. The maximum absolute atomic E-state index is 10.8. The lowest BCUT2D eigenvalue weighted by Gasteiger charge is -2.34. The van der Waals surface area contributed by atoms with Crippen molar-refractivity contribution in [3.63, 3.8) is 0 Å². The van der Waals surface area contributed by atoms with Gasteiger partial charge in [-0.3, -0.25) is 9.69 Å². The molecule has 2 aliphatic rings. The summed E-state index contributed by atoms with van der Waals surface area (Å²) in [6.45, 7) is 22.9. The quantitative estimate of drug-likeness (QED) is 0.677. The third kappa shape index (κ3) is 11.6. The van der Waals surface area contributed by atoms with E-state index in [-0.39, 0.29) is 5.91 Å². The largest absolute Gasteiger partial charge is 0.339 e. The summed E-state index contributed by atoms with van der Waals surface area (Å²) in [5.41, 5.74) is 1.40. The lowest BCUT2D eigenvalue weighted by atomic mass is 10.1. The van der Waals surface area contributed by atoms with E-state index in [2.05, 4.69) is 43.7 Å². The highest BCUT2D eigenvalue weighted by Crippen LogP contribution is 2.08. The first-order valence-electron chi connectivity index (χ1n) is 9.74. The van der Waals surface area contributed by atoms with E-state index in [1.807, 2.05) is 32.6 Å². The SMILES string of the molecule is CC.CC.CC(=O)N1CC=C(C)CC1.CC(C)N1CCN(C)CC1. The van der Waals surface area contributed by atoms with Gasteiger partial charge in [-0.2, -0.15) is 0 Å². The normalized spacial score (nSPS) is 18.2. The Labute approximate surface area is 151 Å². The molecule has 0 radical (unpaired) electrons. The van der Waals surface area contributed by atoms with Gasteiger partial charge < -0.3 is 9.80 Å². The molecule has 0 spiro atoms. The topological polar surface area (TPSA) is 26.8 Å². The number of carbonyl (C=O) groups excluding carboxylic acids is 1. The molecule has 144 valence electrons. The van der Waals surface area contributed by atoms with Crippen molar-refractivity contribution in [1.29, 1.82) is 0 Å². The molecular formula is C20H43N3O. The Morgan fingerprint density at radius 1 is 1.00 bits per heavy atom. The summed E-state index contributed by atoms with van der Waals surface area (Å²) in [5.74, 6) is 0.184. The van der Waals surface area contributed by atoms with E-state index in [9.17, 15) is 4.79 Å². The average molecular weight is 342 g/mol. The van der Waals surface area contributed by atoms with Crippen LogP contribution in [0.1, 0.15) is 61.8 Å². The van der Waals surface area contributed by atoms with Gasteiger partial charge in [0.25, 0.3) is 0 Å². The second-order valence-electron chi connectivity index (χ2n) is 6.20. The van der Waals surface area contributed by atoms with E-state index in [0.29, 0.717) is 0 Å². The second kappa shape index (κ2) is 15.6. The van der Waals surface area contributed by atoms with Gasteiger partial charge in [0.15, 0.2) is 0 Å². The fraction of sp³-hybridized carbons (Fsp3) is 0.850. The van der Waals surface area contributed by atoms with Crippen LogP contribution in [0, 0.1) is 0 Å². The fourth-order valence-electron chi connectivity index (χ4n) is 2.40. The van der Waals surface area contributed by atoms with Gasteiger partial charge in [0.1, 0.15) is 0 Å². The molecular weight excluding hydrogens is 298 g/mol. The Kier molecular flexibility index (Phi) is 16.5. The molecule has 0 bridgehead atoms. The Morgan fingerprint density at radius 3 is 1.83 bits per heavy atom. The predicted molar refractivity (Wildman–Crippen MR) is 108 cm³/mol. The molecule has 0 saturated carbocycles. The number of hydrogen-bond acceptors (Lipinski definition) is 3. The minimum absolute atomic E-state index is 0.184. The molecule has 4 nitrogen and oxygen atoms in total. The summed E-state index contributed by atoms with van der Waals surface area (Å²) >= 11 is 0. The number of carbonyl (C=O) groups is 1. The van der Waals surface area contributed by atoms with Crippen molar-refractivity contribution in [3.05, 3.63) is 11.6 Å². The summed E-state index contributed by atoms with van der Waals surface area (Å²) in [7, 11) is 2.19. The monoisotopic (exact) mass is 341 g/mol. The molecule has 2 rings (SSSR count). The highest BCUT2D eigenvalue weighted by molar-refractivity contribution is 5.73. The van der Waals surface area contributed by atoms with Crippen LogP contribution in [0.25, 0.3) is 0 Å². The smallest absolute Gasteiger partial charge is 0.219 e. The fourth-order valence-corrected chi connectivity index (χ4v) is 2.40. The molecule has 0 aromatic carbocycles. The summed E-state index contributed by atoms with van der Waals surface area (Å²) in [6, 6.07) is 0.730. The minimum Gasteiger partial charge on any atom is -0.339 e. The van der Waals surface area contributed by atoms with Crippen LogP contribution >= 0.6 is 0 Å². The second-order valence-corrected chi connectivity index (χ2v) is 6.20. The van der Waals surface area contributed by atoms with Crippen molar-refractivity contribution >= 4 is 5.91 Å². The molecule has 0 atom stereocenters. The van der Waals surface area contributed by atoms with Gasteiger partial charge >= 0.3 is 0 Å². The van der Waals surface area contributed by atoms with Crippen molar-refractivity contribution in [1.82, 2.24) is 14.7 Å². The van der Waals surface area contributed by atoms with Gasteiger partial charge in [-0.1, -0.05) is 39.3 Å². The van der Waals surface area contributed by atoms with Gasteiger partial charge in [0, 0.05) is 52.2 Å². The van der Waals surface area contributed by atoms with E-state index in [1.165, 1.54) is 31.8 Å². The number of amides is 1. The van der Waals surface area contributed by atoms with Crippen molar-refractivity contribution in [2.24, 2.45) is 0 Å². The van der Waals surface area contributed by atoms with E-state index in [1.54, 1.807) is 6.92 Å². The summed E-state index contributed by atoms with van der Waals surface area (Å²) < 4.78 is 0. The van der Waals surface area contributed by atoms with Gasteiger partial charge in [0.2, 0.25) is 5.91 Å². The third-order valence-electron chi connectivity index (χ3n) is 4.15. The molecule has 4 heteroatoms. The first-order valence-corrected chi connectivity index (χ1v) is 9.74. The van der Waals surface area contributed by atoms with Crippen LogP contribution in [-0.2, 0) is 4.79 Å². The molecule has 0 aliphatic carbocycles. The van der Waals surface area contributed by atoms with E-state index in [4.69, 9.17) is 0 Å². The van der Waals surface area contributed by atoms with Crippen LogP contribution in [0.2, 0.25) is 0 Å². The Bertz CT molecular complexity index is 332. The highest BCUT2D eigenvalue weighted by atomic mass is 16.2. The molecule has 0 aromatic heterocycles. The zero-order valence-electron chi connectivity index (χ0n) is 17.9. The van der Waals surface area contributed by atoms with E-state index >= 15 is 0 Å². The molecule has 1 fully saturated rings. The molecule has 1 amide bonds. The zero-order valence-corrected chi connectivity index (χ0v) is 17.9. The molecule has 0 aromatic rings. The van der Waals surface area contributed by atoms with Crippen LogP contribution in [-0.4, -0.2) is 73.0 Å². The van der Waals surface area contributed by atoms with Gasteiger partial charge in [0.05, 0.1) is 0 Å². The standard InChI is InChI=1S/C8H18N2.C8H13NO.2C2H6/c1-8(2)10-6-4-9(3)5-7-10;1-7-3-5-9(6-4-7)8(2)10;2*1-2/h8H,4-7H2,1-3H3;3H,4-6H2,1-2H3;2*1-2H3. The highest BCUT2D eigenvalue weighted by Gasteiger charge is 2.15. The van der Waals surface area contributed by atoms with E-state index in [0.717, 1.165) is 25.6 Å². The summed E-state index contributed by atoms with van der Waals surface area (Å²) in [5, 5.41) is 0. The molecule has 2 aliphatic heterocycles. The predicted octanol–water partition coefficient (Wildman–Crippen LogP) is 3.88. The number of piperazine rings is 1. The van der Waals surface area contributed by atoms with Crippen LogP contribution < -0.4 is 0 Å².